The van der Waals surface area contributed by atoms with Crippen LogP contribution in [0.25, 0.3) is 0 Å². The van der Waals surface area contributed by atoms with Gasteiger partial charge in [-0.15, -0.1) is 3.89 Å². The second kappa shape index (κ2) is 3.19. The molecule has 0 aliphatic rings. The standard InChI is InChI=1S/C3HClF6O2S/c4-2(6,3(7,8)9)1(5)13(10,11)12/h1H. The minimum atomic E-state index is -6.34. The van der Waals surface area contributed by atoms with Crippen molar-refractivity contribution in [3.8, 4) is 0 Å². The van der Waals surface area contributed by atoms with Crippen LogP contribution in [-0.2, 0) is 10.2 Å². The summed E-state index contributed by atoms with van der Waals surface area (Å²) in [7, 11) is -6.34. The Hall–Kier alpha value is -0.180. The average Bonchev–Trinajstić information content (AvgIpc) is 1.81. The molecule has 0 spiro atoms. The molecule has 0 amide bonds. The van der Waals surface area contributed by atoms with Gasteiger partial charge in [-0.2, -0.15) is 21.6 Å². The average molecular weight is 251 g/mol. The highest BCUT2D eigenvalue weighted by molar-refractivity contribution is 7.87. The van der Waals surface area contributed by atoms with E-state index in [9.17, 15) is 34.3 Å². The topological polar surface area (TPSA) is 34.1 Å². The molecule has 0 aliphatic carbocycles. The summed E-state index contributed by atoms with van der Waals surface area (Å²) >= 11 is 3.86. The quantitative estimate of drug-likeness (QED) is 0.427. The maximum atomic E-state index is 12.1. The van der Waals surface area contributed by atoms with Gasteiger partial charge in [0.15, 0.2) is 0 Å². The first-order valence-corrected chi connectivity index (χ1v) is 4.25. The summed E-state index contributed by atoms with van der Waals surface area (Å²) in [5.74, 6) is 0. The molecule has 0 radical (unpaired) electrons. The van der Waals surface area contributed by atoms with Crippen molar-refractivity contribution in [1.82, 2.24) is 0 Å². The summed E-state index contributed by atoms with van der Waals surface area (Å²) in [5.41, 5.74) is -4.50. The lowest BCUT2D eigenvalue weighted by Crippen LogP contribution is -2.46. The Labute approximate surface area is 73.7 Å². The van der Waals surface area contributed by atoms with Gasteiger partial charge in [0.1, 0.15) is 0 Å². The van der Waals surface area contributed by atoms with E-state index < -0.39 is 27.0 Å². The van der Waals surface area contributed by atoms with Crippen molar-refractivity contribution < 1.29 is 34.3 Å². The van der Waals surface area contributed by atoms with Gasteiger partial charge in [-0.1, -0.05) is 11.6 Å². The molecule has 0 bridgehead atoms. The zero-order valence-electron chi connectivity index (χ0n) is 5.45. The molecular formula is C3HClF6O2S. The highest BCUT2D eigenvalue weighted by Crippen LogP contribution is 2.43. The summed E-state index contributed by atoms with van der Waals surface area (Å²) in [5, 5.41) is -5.28. The lowest BCUT2D eigenvalue weighted by atomic mass is 10.4. The summed E-state index contributed by atoms with van der Waals surface area (Å²) in [6.45, 7) is 0. The van der Waals surface area contributed by atoms with Crippen molar-refractivity contribution in [2.24, 2.45) is 0 Å². The first-order chi connectivity index (χ1) is 5.40. The fraction of sp³-hybridized carbons (Fsp3) is 1.00. The van der Waals surface area contributed by atoms with Gasteiger partial charge in [0, 0.05) is 0 Å². The normalized spacial score (nSPS) is 20.8. The van der Waals surface area contributed by atoms with Gasteiger partial charge in [-0.05, 0) is 0 Å². The van der Waals surface area contributed by atoms with E-state index in [0.717, 1.165) is 0 Å². The van der Waals surface area contributed by atoms with Crippen molar-refractivity contribution in [2.75, 3.05) is 0 Å². The van der Waals surface area contributed by atoms with Gasteiger partial charge in [-0.25, -0.2) is 8.78 Å². The molecule has 0 fully saturated rings. The Kier molecular flexibility index (Phi) is 3.15. The van der Waals surface area contributed by atoms with Crippen LogP contribution >= 0.6 is 11.6 Å². The van der Waals surface area contributed by atoms with Crippen LogP contribution in [0.3, 0.4) is 0 Å². The third-order valence-electron chi connectivity index (χ3n) is 0.910. The van der Waals surface area contributed by atoms with Crippen LogP contribution < -0.4 is 0 Å². The Morgan fingerprint density at radius 3 is 1.54 bits per heavy atom. The summed E-state index contributed by atoms with van der Waals surface area (Å²) in [6, 6.07) is 0. The van der Waals surface area contributed by atoms with Gasteiger partial charge < -0.3 is 0 Å². The molecule has 0 saturated carbocycles. The molecule has 2 atom stereocenters. The van der Waals surface area contributed by atoms with Gasteiger partial charge >= 0.3 is 21.5 Å². The van der Waals surface area contributed by atoms with E-state index >= 15 is 0 Å². The van der Waals surface area contributed by atoms with Gasteiger partial charge in [0.05, 0.1) is 0 Å². The van der Waals surface area contributed by atoms with Crippen LogP contribution in [0, 0.1) is 0 Å². The molecule has 0 rings (SSSR count). The highest BCUT2D eigenvalue weighted by atomic mass is 35.5. The molecule has 0 aliphatic heterocycles. The van der Waals surface area contributed by atoms with E-state index in [1.165, 1.54) is 0 Å². The molecule has 80 valence electrons. The van der Waals surface area contributed by atoms with E-state index in [1.54, 1.807) is 0 Å². The maximum absolute atomic E-state index is 12.1. The fourth-order valence-electron chi connectivity index (χ4n) is 0.305. The summed E-state index contributed by atoms with van der Waals surface area (Å²) in [4.78, 5) is 0. The van der Waals surface area contributed by atoms with Crippen LogP contribution in [0.4, 0.5) is 25.8 Å². The van der Waals surface area contributed by atoms with Gasteiger partial charge in [-0.3, -0.25) is 0 Å². The van der Waals surface area contributed by atoms with E-state index in [2.05, 4.69) is 11.6 Å². The Morgan fingerprint density at radius 2 is 1.46 bits per heavy atom. The van der Waals surface area contributed by atoms with Crippen molar-refractivity contribution in [1.29, 1.82) is 0 Å². The Morgan fingerprint density at radius 1 is 1.15 bits per heavy atom. The second-order valence-corrected chi connectivity index (χ2v) is 3.83. The lowest BCUT2D eigenvalue weighted by Gasteiger charge is -2.21. The van der Waals surface area contributed by atoms with Crippen molar-refractivity contribution >= 4 is 21.8 Å². The summed E-state index contributed by atoms with van der Waals surface area (Å²) in [6.07, 6.45) is -6.02. The maximum Gasteiger partial charge on any atom is 0.441 e. The molecule has 0 saturated heterocycles. The number of rotatable bonds is 2. The van der Waals surface area contributed by atoms with Gasteiger partial charge in [0.25, 0.3) is 5.50 Å². The van der Waals surface area contributed by atoms with E-state index in [4.69, 9.17) is 0 Å². The molecule has 0 aromatic rings. The molecule has 13 heavy (non-hydrogen) atoms. The predicted octanol–water partition coefficient (Wildman–Crippen LogP) is 2.05. The molecule has 10 heteroatoms. The Bertz CT molecular complexity index is 281. The highest BCUT2D eigenvalue weighted by Gasteiger charge is 2.65. The summed E-state index contributed by atoms with van der Waals surface area (Å²) < 4.78 is 89.1. The minimum absolute atomic E-state index is 3.86. The Balaban J connectivity index is 5.09. The molecule has 0 heterocycles. The van der Waals surface area contributed by atoms with Crippen molar-refractivity contribution in [3.63, 3.8) is 0 Å². The fourth-order valence-corrected chi connectivity index (χ4v) is 1.11. The SMILES string of the molecule is O=S(=O)(F)C(F)C(F)(Cl)C(F)(F)F. The first-order valence-electron chi connectivity index (χ1n) is 2.43. The van der Waals surface area contributed by atoms with E-state index in [-0.39, 0.29) is 0 Å². The third-order valence-corrected chi connectivity index (χ3v) is 2.26. The number of alkyl halides is 6. The largest absolute Gasteiger partial charge is 0.441 e. The number of hydrogen-bond acceptors (Lipinski definition) is 2. The van der Waals surface area contributed by atoms with Crippen LogP contribution in [0.2, 0.25) is 0 Å². The number of hydrogen-bond donors (Lipinski definition) is 0. The molecule has 2 unspecified atom stereocenters. The monoisotopic (exact) mass is 250 g/mol. The third kappa shape index (κ3) is 2.63. The second-order valence-electron chi connectivity index (χ2n) is 1.91. The van der Waals surface area contributed by atoms with Crippen LogP contribution in [0.15, 0.2) is 0 Å². The van der Waals surface area contributed by atoms with Crippen LogP contribution in [0.5, 0.6) is 0 Å². The molecule has 0 N–H and O–H groups in total. The first kappa shape index (κ1) is 12.8. The number of halogens is 7. The molecule has 2 nitrogen and oxygen atoms in total. The van der Waals surface area contributed by atoms with Crippen LogP contribution in [0.1, 0.15) is 0 Å². The van der Waals surface area contributed by atoms with E-state index in [1.807, 2.05) is 0 Å². The minimum Gasteiger partial charge on any atom is -0.221 e. The lowest BCUT2D eigenvalue weighted by molar-refractivity contribution is -0.207. The molecule has 0 aromatic heterocycles. The molecular weight excluding hydrogens is 250 g/mol. The zero-order valence-corrected chi connectivity index (χ0v) is 7.02. The predicted molar refractivity (Wildman–Crippen MR) is 30.7 cm³/mol. The van der Waals surface area contributed by atoms with Crippen LogP contribution in [-0.4, -0.2) is 25.2 Å². The van der Waals surface area contributed by atoms with Crippen molar-refractivity contribution in [2.45, 2.75) is 16.8 Å². The smallest absolute Gasteiger partial charge is 0.221 e. The molecule has 0 aromatic carbocycles. The van der Waals surface area contributed by atoms with Crippen molar-refractivity contribution in [3.05, 3.63) is 0 Å². The van der Waals surface area contributed by atoms with Gasteiger partial charge in [0.2, 0.25) is 0 Å². The zero-order chi connectivity index (χ0) is 11.1. The van der Waals surface area contributed by atoms with E-state index in [0.29, 0.717) is 0 Å².